The smallest absolute Gasteiger partial charge is 0.150 e. The first-order valence-corrected chi connectivity index (χ1v) is 5.29. The van der Waals surface area contributed by atoms with Gasteiger partial charge in [0.1, 0.15) is 17.1 Å². The quantitative estimate of drug-likeness (QED) is 0.765. The second-order valence-electron chi connectivity index (χ2n) is 2.98. The topological polar surface area (TPSA) is 42.9 Å². The second-order valence-corrected chi connectivity index (χ2v) is 4.08. The Morgan fingerprint density at radius 2 is 2.12 bits per heavy atom. The molecule has 0 atom stereocenters. The summed E-state index contributed by atoms with van der Waals surface area (Å²) >= 11 is 1.26. The molecule has 0 aliphatic rings. The van der Waals surface area contributed by atoms with Gasteiger partial charge in [-0.05, 0) is 18.2 Å². The van der Waals surface area contributed by atoms with Crippen molar-refractivity contribution in [2.24, 2.45) is 0 Å². The largest absolute Gasteiger partial charge is 0.298 e. The van der Waals surface area contributed by atoms with Crippen molar-refractivity contribution in [2.75, 3.05) is 0 Å². The number of hydrogen-bond acceptors (Lipinski definition) is 4. The third kappa shape index (κ3) is 2.64. The number of aldehydes is 1. The van der Waals surface area contributed by atoms with Crippen LogP contribution < -0.4 is 0 Å². The highest BCUT2D eigenvalue weighted by Crippen LogP contribution is 2.26. The first-order valence-electron chi connectivity index (χ1n) is 4.47. The highest BCUT2D eigenvalue weighted by Gasteiger charge is 2.03. The maximum atomic E-state index is 13.1. The van der Waals surface area contributed by atoms with Crippen LogP contribution in [0.4, 0.5) is 4.39 Å². The molecular weight excluding hydrogens is 227 g/mol. The Bertz CT molecular complexity index is 505. The van der Waals surface area contributed by atoms with Crippen molar-refractivity contribution in [3.05, 3.63) is 48.2 Å². The monoisotopic (exact) mass is 234 g/mol. The Kier molecular flexibility index (Phi) is 3.26. The van der Waals surface area contributed by atoms with Crippen molar-refractivity contribution in [1.29, 1.82) is 0 Å². The maximum absolute atomic E-state index is 13.1. The summed E-state index contributed by atoms with van der Waals surface area (Å²) in [4.78, 5) is 19.1. The molecule has 0 aliphatic heterocycles. The third-order valence-corrected chi connectivity index (χ3v) is 2.68. The molecule has 0 radical (unpaired) electrons. The first-order chi connectivity index (χ1) is 7.78. The zero-order valence-electron chi connectivity index (χ0n) is 8.13. The Balaban J connectivity index is 2.28. The SMILES string of the molecule is O=Cc1cc(F)cc(Sc2cnccn2)c1. The standard InChI is InChI=1S/C11H7FN2OS/c12-9-3-8(7-15)4-10(5-9)16-11-6-13-1-2-14-11/h1-7H. The Morgan fingerprint density at radius 3 is 2.81 bits per heavy atom. The van der Waals surface area contributed by atoms with Crippen LogP contribution in [0.15, 0.2) is 46.7 Å². The van der Waals surface area contributed by atoms with E-state index in [1.807, 2.05) is 0 Å². The van der Waals surface area contributed by atoms with Crippen molar-refractivity contribution in [3.63, 3.8) is 0 Å². The van der Waals surface area contributed by atoms with E-state index in [2.05, 4.69) is 9.97 Å². The van der Waals surface area contributed by atoms with Gasteiger partial charge in [0.15, 0.2) is 0 Å². The van der Waals surface area contributed by atoms with Gasteiger partial charge in [-0.15, -0.1) is 0 Å². The van der Waals surface area contributed by atoms with E-state index in [0.717, 1.165) is 0 Å². The molecule has 0 saturated carbocycles. The summed E-state index contributed by atoms with van der Waals surface area (Å²) in [6.45, 7) is 0. The summed E-state index contributed by atoms with van der Waals surface area (Å²) in [5.41, 5.74) is 0.311. The highest BCUT2D eigenvalue weighted by molar-refractivity contribution is 7.99. The normalized spacial score (nSPS) is 10.1. The van der Waals surface area contributed by atoms with Gasteiger partial charge in [0.2, 0.25) is 0 Å². The van der Waals surface area contributed by atoms with Crippen molar-refractivity contribution >= 4 is 18.0 Å². The lowest BCUT2D eigenvalue weighted by atomic mass is 10.2. The Morgan fingerprint density at radius 1 is 1.25 bits per heavy atom. The minimum Gasteiger partial charge on any atom is -0.298 e. The van der Waals surface area contributed by atoms with Crippen LogP contribution >= 0.6 is 11.8 Å². The van der Waals surface area contributed by atoms with Gasteiger partial charge in [-0.2, -0.15) is 0 Å². The van der Waals surface area contributed by atoms with Gasteiger partial charge >= 0.3 is 0 Å². The lowest BCUT2D eigenvalue weighted by Gasteiger charge is -2.01. The van der Waals surface area contributed by atoms with E-state index >= 15 is 0 Å². The predicted molar refractivity (Wildman–Crippen MR) is 57.9 cm³/mol. The van der Waals surface area contributed by atoms with E-state index in [1.165, 1.54) is 23.9 Å². The average Bonchev–Trinajstić information content (AvgIpc) is 2.29. The van der Waals surface area contributed by atoms with E-state index in [9.17, 15) is 9.18 Å². The minimum atomic E-state index is -0.434. The van der Waals surface area contributed by atoms with Crippen molar-refractivity contribution in [2.45, 2.75) is 9.92 Å². The minimum absolute atomic E-state index is 0.311. The number of hydrogen-bond donors (Lipinski definition) is 0. The summed E-state index contributed by atoms with van der Waals surface area (Å²) < 4.78 is 13.1. The zero-order valence-corrected chi connectivity index (χ0v) is 8.95. The molecule has 0 fully saturated rings. The molecule has 5 heteroatoms. The number of benzene rings is 1. The second kappa shape index (κ2) is 4.85. The fourth-order valence-electron chi connectivity index (χ4n) is 1.17. The van der Waals surface area contributed by atoms with Gasteiger partial charge in [-0.25, -0.2) is 9.37 Å². The molecule has 0 amide bonds. The molecule has 1 aromatic carbocycles. The van der Waals surface area contributed by atoms with Crippen LogP contribution in [-0.2, 0) is 0 Å². The number of nitrogens with zero attached hydrogens (tertiary/aromatic N) is 2. The molecule has 0 N–H and O–H groups in total. The van der Waals surface area contributed by atoms with Crippen LogP contribution in [0.3, 0.4) is 0 Å². The molecule has 16 heavy (non-hydrogen) atoms. The van der Waals surface area contributed by atoms with Crippen LogP contribution in [0.2, 0.25) is 0 Å². The fraction of sp³-hybridized carbons (Fsp3) is 0. The Labute approximate surface area is 95.7 Å². The molecule has 1 aromatic heterocycles. The van der Waals surface area contributed by atoms with Crippen LogP contribution in [0, 0.1) is 5.82 Å². The number of carbonyl (C=O) groups is 1. The molecule has 0 spiro atoms. The highest BCUT2D eigenvalue weighted by atomic mass is 32.2. The van der Waals surface area contributed by atoms with Gasteiger partial charge in [0.25, 0.3) is 0 Å². The molecule has 0 saturated heterocycles. The van der Waals surface area contributed by atoms with Gasteiger partial charge < -0.3 is 0 Å². The van der Waals surface area contributed by atoms with Gasteiger partial charge in [-0.1, -0.05) is 11.8 Å². The van der Waals surface area contributed by atoms with Gasteiger partial charge in [-0.3, -0.25) is 9.78 Å². The summed E-state index contributed by atoms with van der Waals surface area (Å²) in [5, 5.41) is 0.657. The van der Waals surface area contributed by atoms with E-state index in [4.69, 9.17) is 0 Å². The maximum Gasteiger partial charge on any atom is 0.150 e. The van der Waals surface area contributed by atoms with E-state index in [0.29, 0.717) is 21.8 Å². The summed E-state index contributed by atoms with van der Waals surface area (Å²) in [5.74, 6) is -0.434. The van der Waals surface area contributed by atoms with Crippen LogP contribution in [-0.4, -0.2) is 16.3 Å². The van der Waals surface area contributed by atoms with Gasteiger partial charge in [0, 0.05) is 22.9 Å². The molecule has 1 heterocycles. The number of aromatic nitrogens is 2. The number of rotatable bonds is 3. The third-order valence-electron chi connectivity index (χ3n) is 1.79. The van der Waals surface area contributed by atoms with E-state index in [1.54, 1.807) is 24.7 Å². The summed E-state index contributed by atoms with van der Waals surface area (Å²) in [7, 11) is 0. The summed E-state index contributed by atoms with van der Waals surface area (Å²) in [6, 6.07) is 4.15. The Hall–Kier alpha value is -1.75. The lowest BCUT2D eigenvalue weighted by Crippen LogP contribution is -1.86. The number of halogens is 1. The van der Waals surface area contributed by atoms with Crippen molar-refractivity contribution in [1.82, 2.24) is 9.97 Å². The van der Waals surface area contributed by atoms with Crippen molar-refractivity contribution < 1.29 is 9.18 Å². The number of carbonyl (C=O) groups excluding carboxylic acids is 1. The first kappa shape index (κ1) is 10.8. The van der Waals surface area contributed by atoms with Crippen LogP contribution in [0.5, 0.6) is 0 Å². The summed E-state index contributed by atoms with van der Waals surface area (Å²) in [6.07, 6.45) is 5.31. The molecule has 0 bridgehead atoms. The lowest BCUT2D eigenvalue weighted by molar-refractivity contribution is 0.112. The molecule has 3 nitrogen and oxygen atoms in total. The van der Waals surface area contributed by atoms with Crippen molar-refractivity contribution in [3.8, 4) is 0 Å². The molecule has 0 aliphatic carbocycles. The van der Waals surface area contributed by atoms with Crippen LogP contribution in [0.1, 0.15) is 10.4 Å². The zero-order chi connectivity index (χ0) is 11.4. The average molecular weight is 234 g/mol. The molecule has 80 valence electrons. The van der Waals surface area contributed by atoms with Gasteiger partial charge in [0.05, 0.1) is 6.20 Å². The van der Waals surface area contributed by atoms with E-state index < -0.39 is 5.82 Å². The molecule has 2 aromatic rings. The van der Waals surface area contributed by atoms with Crippen LogP contribution in [0.25, 0.3) is 0 Å². The molecule has 2 rings (SSSR count). The van der Waals surface area contributed by atoms with E-state index in [-0.39, 0.29) is 0 Å². The predicted octanol–water partition coefficient (Wildman–Crippen LogP) is 2.58. The fourth-order valence-corrected chi connectivity index (χ4v) is 2.01. The molecule has 0 unspecified atom stereocenters. The molecular formula is C11H7FN2OS.